The summed E-state index contributed by atoms with van der Waals surface area (Å²) in [7, 11) is 0. The number of carbonyl (C=O) groups is 2. The number of hydrogen-bond acceptors (Lipinski definition) is 8. The first-order valence-electron chi connectivity index (χ1n) is 12.4. The molecule has 10 heteroatoms. The molecule has 5 aromatic rings. The maximum Gasteiger partial charge on any atom is 0.261 e. The number of nitriles is 1. The molecule has 0 fully saturated rings. The van der Waals surface area contributed by atoms with E-state index in [1.807, 2.05) is 30.3 Å². The molecule has 0 aliphatic carbocycles. The van der Waals surface area contributed by atoms with E-state index in [1.165, 1.54) is 0 Å². The Morgan fingerprint density at radius 2 is 1.62 bits per heavy atom. The standard InChI is InChI=1S/C30H20FN7O2/c31-23-15-19(16-32)27(35-20-10-11-24-18(14-20)6-5-13-33-24)37-28(23)36-26(25-9-3-4-12-34-25)17-38-29(39)21-7-1-2-8-22(21)30(38)40/h1-15,26H,17H2,(H2,35,36,37). The van der Waals surface area contributed by atoms with E-state index >= 15 is 4.39 Å². The lowest BCUT2D eigenvalue weighted by Gasteiger charge is -2.24. The number of anilines is 3. The Bertz CT molecular complexity index is 1790. The molecular weight excluding hydrogens is 509 g/mol. The molecule has 0 spiro atoms. The van der Waals surface area contributed by atoms with Crippen LogP contribution in [0, 0.1) is 17.1 Å². The van der Waals surface area contributed by atoms with Crippen LogP contribution in [0.15, 0.2) is 91.3 Å². The average molecular weight is 530 g/mol. The van der Waals surface area contributed by atoms with Crippen molar-refractivity contribution >= 4 is 40.0 Å². The first kappa shape index (κ1) is 24.6. The number of amides is 2. The van der Waals surface area contributed by atoms with E-state index in [0.717, 1.165) is 21.9 Å². The predicted molar refractivity (Wildman–Crippen MR) is 146 cm³/mol. The molecule has 1 atom stereocenters. The number of halogens is 1. The fourth-order valence-corrected chi connectivity index (χ4v) is 4.61. The molecule has 0 bridgehead atoms. The van der Waals surface area contributed by atoms with Crippen molar-refractivity contribution in [3.8, 4) is 6.07 Å². The molecule has 1 unspecified atom stereocenters. The highest BCUT2D eigenvalue weighted by atomic mass is 19.1. The molecule has 194 valence electrons. The molecular formula is C30H20FN7O2. The molecule has 1 aliphatic heterocycles. The number of rotatable bonds is 7. The zero-order valence-corrected chi connectivity index (χ0v) is 20.9. The van der Waals surface area contributed by atoms with Crippen LogP contribution in [0.3, 0.4) is 0 Å². The summed E-state index contributed by atoms with van der Waals surface area (Å²) in [5, 5.41) is 16.6. The first-order valence-corrected chi connectivity index (χ1v) is 12.4. The minimum absolute atomic E-state index is 0.00377. The van der Waals surface area contributed by atoms with Crippen molar-refractivity contribution in [3.05, 3.63) is 119 Å². The Morgan fingerprint density at radius 1 is 0.875 bits per heavy atom. The Hall–Kier alpha value is -5.69. The number of carbonyl (C=O) groups excluding carboxylic acids is 2. The van der Waals surface area contributed by atoms with Gasteiger partial charge < -0.3 is 10.6 Å². The van der Waals surface area contributed by atoms with Crippen molar-refractivity contribution in [2.45, 2.75) is 6.04 Å². The second-order valence-electron chi connectivity index (χ2n) is 9.08. The van der Waals surface area contributed by atoms with Crippen LogP contribution < -0.4 is 10.6 Å². The molecule has 40 heavy (non-hydrogen) atoms. The summed E-state index contributed by atoms with van der Waals surface area (Å²) >= 11 is 0. The summed E-state index contributed by atoms with van der Waals surface area (Å²) in [4.78, 5) is 40.3. The van der Waals surface area contributed by atoms with E-state index in [9.17, 15) is 14.9 Å². The maximum atomic E-state index is 15.2. The highest BCUT2D eigenvalue weighted by Gasteiger charge is 2.37. The number of hydrogen-bond donors (Lipinski definition) is 2. The number of aromatic nitrogens is 3. The SMILES string of the molecule is N#Cc1cc(F)c(NC(CN2C(=O)c3ccccc3C2=O)c2ccccn2)nc1Nc1ccc2ncccc2c1. The van der Waals surface area contributed by atoms with Crippen LogP contribution >= 0.6 is 0 Å². The quantitative estimate of drug-likeness (QED) is 0.275. The Kier molecular flexibility index (Phi) is 6.30. The van der Waals surface area contributed by atoms with E-state index in [-0.39, 0.29) is 23.7 Å². The number of imide groups is 1. The van der Waals surface area contributed by atoms with Crippen molar-refractivity contribution in [2.24, 2.45) is 0 Å². The topological polar surface area (TPSA) is 124 Å². The summed E-state index contributed by atoms with van der Waals surface area (Å²) in [6.07, 6.45) is 3.26. The lowest BCUT2D eigenvalue weighted by molar-refractivity contribution is 0.0647. The van der Waals surface area contributed by atoms with Gasteiger partial charge in [0.15, 0.2) is 17.5 Å². The van der Waals surface area contributed by atoms with E-state index in [1.54, 1.807) is 60.9 Å². The van der Waals surface area contributed by atoms with Gasteiger partial charge in [-0.15, -0.1) is 0 Å². The van der Waals surface area contributed by atoms with Crippen molar-refractivity contribution in [2.75, 3.05) is 17.2 Å². The number of fused-ring (bicyclic) bond motifs is 2. The number of pyridine rings is 3. The second-order valence-corrected chi connectivity index (χ2v) is 9.08. The molecule has 9 nitrogen and oxygen atoms in total. The van der Waals surface area contributed by atoms with Gasteiger partial charge in [0, 0.05) is 23.5 Å². The second kappa shape index (κ2) is 10.2. The van der Waals surface area contributed by atoms with E-state index in [0.29, 0.717) is 22.5 Å². The van der Waals surface area contributed by atoms with Crippen molar-refractivity contribution in [1.29, 1.82) is 5.26 Å². The van der Waals surface area contributed by atoms with Gasteiger partial charge in [0.1, 0.15) is 6.07 Å². The highest BCUT2D eigenvalue weighted by molar-refractivity contribution is 6.21. The molecule has 2 N–H and O–H groups in total. The fourth-order valence-electron chi connectivity index (χ4n) is 4.61. The maximum absolute atomic E-state index is 15.2. The van der Waals surface area contributed by atoms with Crippen LogP contribution in [0.5, 0.6) is 0 Å². The molecule has 0 saturated carbocycles. The molecule has 6 rings (SSSR count). The van der Waals surface area contributed by atoms with Crippen LogP contribution in [0.2, 0.25) is 0 Å². The molecule has 0 radical (unpaired) electrons. The minimum Gasteiger partial charge on any atom is -0.357 e. The molecule has 4 heterocycles. The summed E-state index contributed by atoms with van der Waals surface area (Å²) < 4.78 is 15.2. The average Bonchev–Trinajstić information content (AvgIpc) is 3.23. The molecule has 3 aromatic heterocycles. The van der Waals surface area contributed by atoms with Crippen molar-refractivity contribution < 1.29 is 14.0 Å². The van der Waals surface area contributed by atoms with Crippen LogP contribution in [-0.4, -0.2) is 38.2 Å². The van der Waals surface area contributed by atoms with Crippen LogP contribution in [-0.2, 0) is 0 Å². The van der Waals surface area contributed by atoms with Gasteiger partial charge in [0.05, 0.1) is 40.5 Å². The van der Waals surface area contributed by atoms with Gasteiger partial charge in [0.25, 0.3) is 11.8 Å². The third-order valence-electron chi connectivity index (χ3n) is 6.56. The van der Waals surface area contributed by atoms with Gasteiger partial charge in [-0.05, 0) is 54.6 Å². The number of nitrogens with one attached hydrogen (secondary N) is 2. The molecule has 0 saturated heterocycles. The third kappa shape index (κ3) is 4.56. The molecule has 2 aromatic carbocycles. The van der Waals surface area contributed by atoms with E-state index < -0.39 is 23.7 Å². The predicted octanol–water partition coefficient (Wildman–Crippen LogP) is 5.23. The van der Waals surface area contributed by atoms with Gasteiger partial charge in [-0.3, -0.25) is 24.5 Å². The Balaban J connectivity index is 1.33. The minimum atomic E-state index is -0.794. The van der Waals surface area contributed by atoms with Gasteiger partial charge >= 0.3 is 0 Å². The fraction of sp³-hybridized carbons (Fsp3) is 0.0667. The zero-order valence-electron chi connectivity index (χ0n) is 20.9. The van der Waals surface area contributed by atoms with Crippen molar-refractivity contribution in [1.82, 2.24) is 19.9 Å². The van der Waals surface area contributed by atoms with Gasteiger partial charge in [-0.25, -0.2) is 9.37 Å². The van der Waals surface area contributed by atoms with Gasteiger partial charge in [-0.1, -0.05) is 24.3 Å². The molecule has 1 aliphatic rings. The zero-order chi connectivity index (χ0) is 27.6. The van der Waals surface area contributed by atoms with Crippen molar-refractivity contribution in [3.63, 3.8) is 0 Å². The number of benzene rings is 2. The Labute approximate surface area is 228 Å². The summed E-state index contributed by atoms with van der Waals surface area (Å²) in [6, 6.07) is 23.2. The normalized spacial score (nSPS) is 13.2. The number of nitrogens with zero attached hydrogens (tertiary/aromatic N) is 5. The van der Waals surface area contributed by atoms with Crippen LogP contribution in [0.4, 0.5) is 21.7 Å². The monoisotopic (exact) mass is 529 g/mol. The van der Waals surface area contributed by atoms with E-state index in [2.05, 4.69) is 25.6 Å². The summed E-state index contributed by atoms with van der Waals surface area (Å²) in [6.45, 7) is -0.120. The van der Waals surface area contributed by atoms with Gasteiger partial charge in [0.2, 0.25) is 0 Å². The summed E-state index contributed by atoms with van der Waals surface area (Å²) in [5.41, 5.74) is 2.54. The largest absolute Gasteiger partial charge is 0.357 e. The van der Waals surface area contributed by atoms with Crippen LogP contribution in [0.1, 0.15) is 38.0 Å². The van der Waals surface area contributed by atoms with Crippen LogP contribution in [0.25, 0.3) is 10.9 Å². The van der Waals surface area contributed by atoms with Gasteiger partial charge in [-0.2, -0.15) is 5.26 Å². The lowest BCUT2D eigenvalue weighted by Crippen LogP contribution is -2.36. The Morgan fingerprint density at radius 3 is 2.35 bits per heavy atom. The summed E-state index contributed by atoms with van der Waals surface area (Å²) in [5.74, 6) is -1.69. The lowest BCUT2D eigenvalue weighted by atomic mass is 10.1. The third-order valence-corrected chi connectivity index (χ3v) is 6.56. The smallest absolute Gasteiger partial charge is 0.261 e. The first-order chi connectivity index (χ1) is 19.5. The molecule has 2 amide bonds. The highest BCUT2D eigenvalue weighted by Crippen LogP contribution is 2.30. The van der Waals surface area contributed by atoms with E-state index in [4.69, 9.17) is 0 Å².